The van der Waals surface area contributed by atoms with Crippen molar-refractivity contribution in [1.82, 2.24) is 9.97 Å². The predicted molar refractivity (Wildman–Crippen MR) is 96.3 cm³/mol. The Hall–Kier alpha value is -2.86. The number of carbonyl (C=O) groups is 2. The number of benzene rings is 1. The molecule has 0 saturated carbocycles. The van der Waals surface area contributed by atoms with Crippen LogP contribution in [0.5, 0.6) is 0 Å². The third-order valence-electron chi connectivity index (χ3n) is 4.02. The molecule has 1 amide bonds. The number of anilines is 1. The van der Waals surface area contributed by atoms with Gasteiger partial charge in [-0.05, 0) is 43.7 Å². The highest BCUT2D eigenvalue weighted by Crippen LogP contribution is 2.29. The summed E-state index contributed by atoms with van der Waals surface area (Å²) in [5.74, 6) is -0.838. The lowest BCUT2D eigenvalue weighted by Gasteiger charge is -2.09. The van der Waals surface area contributed by atoms with Crippen molar-refractivity contribution >= 4 is 40.1 Å². The number of rotatable bonds is 3. The standard InChI is InChI=1S/C18H16ClN3O3/c1-9-14(18(24)25-3)10(2)21-15(9)17(23)22-13-7-6-12(19)16-11(13)5-4-8-20-16/h4-8,21H,1-3H3,(H,22,23). The van der Waals surface area contributed by atoms with Gasteiger partial charge in [-0.1, -0.05) is 11.6 Å². The van der Waals surface area contributed by atoms with Crippen LogP contribution in [0.2, 0.25) is 5.02 Å². The summed E-state index contributed by atoms with van der Waals surface area (Å²) in [5.41, 5.74) is 3.00. The molecule has 3 aromatic rings. The fraction of sp³-hybridized carbons (Fsp3) is 0.167. The summed E-state index contributed by atoms with van der Waals surface area (Å²) in [7, 11) is 1.31. The summed E-state index contributed by atoms with van der Waals surface area (Å²) in [6.07, 6.45) is 1.64. The Labute approximate surface area is 149 Å². The zero-order chi connectivity index (χ0) is 18.1. The first-order valence-electron chi connectivity index (χ1n) is 7.56. The predicted octanol–water partition coefficient (Wildman–Crippen LogP) is 3.87. The molecular weight excluding hydrogens is 342 g/mol. The molecule has 0 aliphatic heterocycles. The summed E-state index contributed by atoms with van der Waals surface area (Å²) in [4.78, 5) is 31.7. The molecule has 0 aliphatic carbocycles. The van der Waals surface area contributed by atoms with Crippen LogP contribution in [0.15, 0.2) is 30.5 Å². The minimum atomic E-state index is -0.480. The molecule has 0 fully saturated rings. The van der Waals surface area contributed by atoms with Gasteiger partial charge in [0.1, 0.15) is 5.69 Å². The minimum absolute atomic E-state index is 0.310. The summed E-state index contributed by atoms with van der Waals surface area (Å²) in [6.45, 7) is 3.42. The molecule has 0 unspecified atom stereocenters. The first-order chi connectivity index (χ1) is 11.9. The number of aromatic nitrogens is 2. The van der Waals surface area contributed by atoms with Crippen molar-refractivity contribution in [3.05, 3.63) is 58.0 Å². The molecule has 0 aliphatic rings. The smallest absolute Gasteiger partial charge is 0.339 e. The Bertz CT molecular complexity index is 995. The van der Waals surface area contributed by atoms with Crippen LogP contribution in [0.25, 0.3) is 10.9 Å². The Morgan fingerprint density at radius 2 is 2.00 bits per heavy atom. The molecule has 25 heavy (non-hydrogen) atoms. The maximum Gasteiger partial charge on any atom is 0.339 e. The molecule has 1 aromatic carbocycles. The number of nitrogens with zero attached hydrogens (tertiary/aromatic N) is 1. The molecule has 0 radical (unpaired) electrons. The maximum atomic E-state index is 12.7. The van der Waals surface area contributed by atoms with Crippen molar-refractivity contribution < 1.29 is 14.3 Å². The third-order valence-corrected chi connectivity index (χ3v) is 4.33. The molecule has 6 nitrogen and oxygen atoms in total. The summed E-state index contributed by atoms with van der Waals surface area (Å²) >= 11 is 6.15. The number of halogens is 1. The van der Waals surface area contributed by atoms with E-state index in [1.807, 2.05) is 6.07 Å². The van der Waals surface area contributed by atoms with E-state index in [2.05, 4.69) is 15.3 Å². The molecule has 128 valence electrons. The number of aromatic amines is 1. The Balaban J connectivity index is 1.99. The van der Waals surface area contributed by atoms with Crippen molar-refractivity contribution in [1.29, 1.82) is 0 Å². The summed E-state index contributed by atoms with van der Waals surface area (Å²) < 4.78 is 4.77. The number of aryl methyl sites for hydroxylation is 1. The number of fused-ring (bicyclic) bond motifs is 1. The van der Waals surface area contributed by atoms with Crippen LogP contribution in [0.4, 0.5) is 5.69 Å². The molecular formula is C18H16ClN3O3. The van der Waals surface area contributed by atoms with Crippen LogP contribution in [-0.4, -0.2) is 29.0 Å². The number of methoxy groups -OCH3 is 1. The van der Waals surface area contributed by atoms with Crippen molar-refractivity contribution in [3.8, 4) is 0 Å². The van der Waals surface area contributed by atoms with E-state index in [9.17, 15) is 9.59 Å². The van der Waals surface area contributed by atoms with E-state index in [-0.39, 0.29) is 5.91 Å². The number of ether oxygens (including phenoxy) is 1. The Morgan fingerprint density at radius 3 is 2.72 bits per heavy atom. The zero-order valence-electron chi connectivity index (χ0n) is 13.9. The van der Waals surface area contributed by atoms with Gasteiger partial charge in [-0.25, -0.2) is 4.79 Å². The number of amides is 1. The number of pyridine rings is 1. The van der Waals surface area contributed by atoms with Crippen molar-refractivity contribution in [2.24, 2.45) is 0 Å². The summed E-state index contributed by atoms with van der Waals surface area (Å²) in [5, 5.41) is 4.09. The molecule has 0 bridgehead atoms. The molecule has 2 heterocycles. The number of H-pyrrole nitrogens is 1. The average Bonchev–Trinajstić information content (AvgIpc) is 2.91. The van der Waals surface area contributed by atoms with Crippen molar-refractivity contribution in [3.63, 3.8) is 0 Å². The van der Waals surface area contributed by atoms with Crippen LogP contribution < -0.4 is 5.32 Å². The third kappa shape index (κ3) is 2.96. The Kier molecular flexibility index (Phi) is 4.46. The second-order valence-corrected chi connectivity index (χ2v) is 5.97. The molecule has 0 spiro atoms. The van der Waals surface area contributed by atoms with E-state index >= 15 is 0 Å². The van der Waals surface area contributed by atoms with Crippen molar-refractivity contribution in [2.45, 2.75) is 13.8 Å². The number of esters is 1. The van der Waals surface area contributed by atoms with E-state index in [1.165, 1.54) is 7.11 Å². The lowest BCUT2D eigenvalue weighted by molar-refractivity contribution is 0.0599. The molecule has 2 N–H and O–H groups in total. The topological polar surface area (TPSA) is 84.1 Å². The van der Waals surface area contributed by atoms with Gasteiger partial charge < -0.3 is 15.0 Å². The van der Waals surface area contributed by atoms with E-state index in [0.717, 1.165) is 5.39 Å². The molecule has 0 saturated heterocycles. The molecule has 3 rings (SSSR count). The summed E-state index contributed by atoms with van der Waals surface area (Å²) in [6, 6.07) is 7.00. The maximum absolute atomic E-state index is 12.7. The largest absolute Gasteiger partial charge is 0.465 e. The molecule has 0 atom stereocenters. The van der Waals surface area contributed by atoms with Gasteiger partial charge in [0.15, 0.2) is 0 Å². The lowest BCUT2D eigenvalue weighted by Crippen LogP contribution is -2.14. The highest BCUT2D eigenvalue weighted by atomic mass is 35.5. The fourth-order valence-corrected chi connectivity index (χ4v) is 3.03. The first-order valence-corrected chi connectivity index (χ1v) is 7.94. The monoisotopic (exact) mass is 357 g/mol. The molecule has 2 aromatic heterocycles. The number of hydrogen-bond donors (Lipinski definition) is 2. The van der Waals surface area contributed by atoms with E-state index in [0.29, 0.717) is 38.7 Å². The van der Waals surface area contributed by atoms with Gasteiger partial charge >= 0.3 is 5.97 Å². The van der Waals surface area contributed by atoms with Crippen molar-refractivity contribution in [2.75, 3.05) is 12.4 Å². The normalized spacial score (nSPS) is 10.7. The van der Waals surface area contributed by atoms with Crippen LogP contribution >= 0.6 is 11.6 Å². The lowest BCUT2D eigenvalue weighted by atomic mass is 10.1. The highest BCUT2D eigenvalue weighted by Gasteiger charge is 2.23. The van der Waals surface area contributed by atoms with Crippen LogP contribution in [-0.2, 0) is 4.74 Å². The van der Waals surface area contributed by atoms with Gasteiger partial charge in [-0.3, -0.25) is 9.78 Å². The second-order valence-electron chi connectivity index (χ2n) is 5.57. The second kappa shape index (κ2) is 6.57. The van der Waals surface area contributed by atoms with Gasteiger partial charge in [-0.2, -0.15) is 0 Å². The SMILES string of the molecule is COC(=O)c1c(C)[nH]c(C(=O)Nc2ccc(Cl)c3ncccc23)c1C. The van der Waals surface area contributed by atoms with Gasteiger partial charge in [0, 0.05) is 17.3 Å². The first kappa shape index (κ1) is 17.0. The van der Waals surface area contributed by atoms with E-state index in [4.69, 9.17) is 16.3 Å². The van der Waals surface area contributed by atoms with Gasteiger partial charge in [0.25, 0.3) is 5.91 Å². The number of carbonyl (C=O) groups excluding carboxylic acids is 2. The van der Waals surface area contributed by atoms with E-state index < -0.39 is 5.97 Å². The van der Waals surface area contributed by atoms with Crippen LogP contribution in [0.3, 0.4) is 0 Å². The molecule has 7 heteroatoms. The quantitative estimate of drug-likeness (QED) is 0.697. The highest BCUT2D eigenvalue weighted by molar-refractivity contribution is 6.35. The number of hydrogen-bond acceptors (Lipinski definition) is 4. The fourth-order valence-electron chi connectivity index (χ4n) is 2.82. The van der Waals surface area contributed by atoms with Crippen LogP contribution in [0.1, 0.15) is 32.1 Å². The van der Waals surface area contributed by atoms with Crippen LogP contribution in [0, 0.1) is 13.8 Å². The van der Waals surface area contributed by atoms with Gasteiger partial charge in [-0.15, -0.1) is 0 Å². The number of nitrogens with one attached hydrogen (secondary N) is 2. The van der Waals surface area contributed by atoms with E-state index in [1.54, 1.807) is 38.2 Å². The minimum Gasteiger partial charge on any atom is -0.465 e. The van der Waals surface area contributed by atoms with Gasteiger partial charge in [0.2, 0.25) is 0 Å². The Morgan fingerprint density at radius 1 is 1.24 bits per heavy atom. The van der Waals surface area contributed by atoms with Gasteiger partial charge in [0.05, 0.1) is 28.9 Å². The average molecular weight is 358 g/mol. The zero-order valence-corrected chi connectivity index (χ0v) is 14.7.